The molecule has 0 unspecified atom stereocenters. The van der Waals surface area contributed by atoms with Crippen LogP contribution in [-0.2, 0) is 9.53 Å². The topological polar surface area (TPSA) is 126 Å². The van der Waals surface area contributed by atoms with E-state index in [1.807, 2.05) is 6.07 Å². The summed E-state index contributed by atoms with van der Waals surface area (Å²) in [7, 11) is 0. The molecule has 1 saturated carbocycles. The number of hydrogen-bond donors (Lipinski definition) is 2. The molecule has 0 aliphatic heterocycles. The van der Waals surface area contributed by atoms with E-state index < -0.39 is 24.5 Å². The number of nitriles is 1. The number of imide groups is 1. The van der Waals surface area contributed by atoms with Crippen molar-refractivity contribution in [2.24, 2.45) is 5.92 Å². The molecule has 30 heavy (non-hydrogen) atoms. The van der Waals surface area contributed by atoms with Crippen LogP contribution in [0.3, 0.4) is 0 Å². The molecule has 2 heterocycles. The summed E-state index contributed by atoms with van der Waals surface area (Å²) in [5.41, 5.74) is -0.0346. The first kappa shape index (κ1) is 21.2. The van der Waals surface area contributed by atoms with Crippen LogP contribution < -0.4 is 10.6 Å². The summed E-state index contributed by atoms with van der Waals surface area (Å²) in [5, 5.41) is 14.4. The summed E-state index contributed by atoms with van der Waals surface area (Å²) in [4.78, 5) is 36.5. The van der Waals surface area contributed by atoms with Crippen molar-refractivity contribution in [3.05, 3.63) is 41.4 Å². The maximum atomic E-state index is 12.5. The van der Waals surface area contributed by atoms with Crippen molar-refractivity contribution in [3.8, 4) is 12.0 Å². The Kier molecular flexibility index (Phi) is 6.57. The minimum Gasteiger partial charge on any atom is -0.452 e. The van der Waals surface area contributed by atoms with E-state index in [4.69, 9.17) is 9.15 Å². The fraction of sp³-hybridized carbons (Fsp3) is 0.429. The smallest absolute Gasteiger partial charge is 0.343 e. The van der Waals surface area contributed by atoms with Crippen LogP contribution in [0, 0.1) is 24.2 Å². The van der Waals surface area contributed by atoms with Gasteiger partial charge in [-0.3, -0.25) is 14.7 Å². The summed E-state index contributed by atoms with van der Waals surface area (Å²) >= 11 is 0. The molecule has 2 aromatic heterocycles. The van der Waals surface area contributed by atoms with Crippen LogP contribution >= 0.6 is 0 Å². The quantitative estimate of drug-likeness (QED) is 0.727. The molecule has 1 fully saturated rings. The number of ether oxygens (including phenoxy) is 1. The van der Waals surface area contributed by atoms with E-state index in [2.05, 4.69) is 17.6 Å². The number of nitrogens with zero attached hydrogens (tertiary/aromatic N) is 2. The van der Waals surface area contributed by atoms with Gasteiger partial charge in [-0.15, -0.1) is 0 Å². The molecule has 1 aliphatic carbocycles. The summed E-state index contributed by atoms with van der Waals surface area (Å²) in [6.07, 6.45) is 7.43. The monoisotopic (exact) mass is 412 g/mol. The number of furan rings is 1. The molecule has 0 saturated heterocycles. The number of carbonyl (C=O) groups excluding carboxylic acids is 3. The third-order valence-electron chi connectivity index (χ3n) is 5.24. The van der Waals surface area contributed by atoms with Crippen molar-refractivity contribution in [1.82, 2.24) is 15.2 Å². The molecule has 1 aliphatic rings. The average molecular weight is 412 g/mol. The first-order chi connectivity index (χ1) is 14.4. The summed E-state index contributed by atoms with van der Waals surface area (Å²) in [6.45, 7) is 2.94. The SMILES string of the molecule is Cc1oc(-n2cccc2)c(C#N)c1C(=O)OCC(=O)NC(=O)N[C@H]1CCCC[C@H]1C. The van der Waals surface area contributed by atoms with E-state index in [0.29, 0.717) is 5.92 Å². The van der Waals surface area contributed by atoms with Crippen molar-refractivity contribution < 1.29 is 23.5 Å². The molecule has 158 valence electrons. The molecule has 2 aromatic rings. The highest BCUT2D eigenvalue weighted by atomic mass is 16.5. The predicted octanol–water partition coefficient (Wildman–Crippen LogP) is 2.81. The third-order valence-corrected chi connectivity index (χ3v) is 5.24. The minimum absolute atomic E-state index is 0.0122. The van der Waals surface area contributed by atoms with Crippen LogP contribution in [0.25, 0.3) is 5.88 Å². The zero-order valence-electron chi connectivity index (χ0n) is 16.9. The van der Waals surface area contributed by atoms with Crippen molar-refractivity contribution in [3.63, 3.8) is 0 Å². The van der Waals surface area contributed by atoms with Crippen molar-refractivity contribution >= 4 is 17.9 Å². The standard InChI is InChI=1S/C21H24N4O5/c1-13-7-3-4-8-16(13)23-21(28)24-17(26)12-29-20(27)18-14(2)30-19(15(18)11-22)25-9-5-6-10-25/h5-6,9-10,13,16H,3-4,7-8,12H2,1-2H3,(H2,23,24,26,28)/t13-,16+/m1/s1. The van der Waals surface area contributed by atoms with Crippen LogP contribution in [0.1, 0.15) is 54.3 Å². The molecule has 3 rings (SSSR count). The highest BCUT2D eigenvalue weighted by Gasteiger charge is 2.27. The van der Waals surface area contributed by atoms with Gasteiger partial charge in [0.2, 0.25) is 5.88 Å². The second-order valence-electron chi connectivity index (χ2n) is 7.38. The number of carbonyl (C=O) groups is 3. The Hall–Kier alpha value is -3.54. The van der Waals surface area contributed by atoms with Gasteiger partial charge in [-0.1, -0.05) is 19.8 Å². The lowest BCUT2D eigenvalue weighted by atomic mass is 9.86. The Morgan fingerprint density at radius 3 is 2.63 bits per heavy atom. The van der Waals surface area contributed by atoms with Crippen molar-refractivity contribution in [2.75, 3.05) is 6.61 Å². The molecule has 9 nitrogen and oxygen atoms in total. The predicted molar refractivity (Wildman–Crippen MR) is 106 cm³/mol. The number of urea groups is 1. The van der Waals surface area contributed by atoms with Crippen molar-refractivity contribution in [1.29, 1.82) is 5.26 Å². The van der Waals surface area contributed by atoms with Gasteiger partial charge < -0.3 is 14.5 Å². The second kappa shape index (κ2) is 9.31. The van der Waals surface area contributed by atoms with E-state index in [0.717, 1.165) is 25.7 Å². The lowest BCUT2D eigenvalue weighted by Gasteiger charge is -2.29. The normalized spacial score (nSPS) is 18.3. The van der Waals surface area contributed by atoms with Crippen LogP contribution in [0.4, 0.5) is 4.79 Å². The second-order valence-corrected chi connectivity index (χ2v) is 7.38. The average Bonchev–Trinajstić information content (AvgIpc) is 3.35. The number of esters is 1. The van der Waals surface area contributed by atoms with Crippen LogP contribution in [0.5, 0.6) is 0 Å². The molecule has 3 amide bonds. The van der Waals surface area contributed by atoms with E-state index >= 15 is 0 Å². The zero-order chi connectivity index (χ0) is 21.7. The molecule has 0 aromatic carbocycles. The lowest BCUT2D eigenvalue weighted by Crippen LogP contribution is -2.48. The lowest BCUT2D eigenvalue weighted by molar-refractivity contribution is -0.123. The van der Waals surface area contributed by atoms with Gasteiger partial charge in [0.1, 0.15) is 23.0 Å². The summed E-state index contributed by atoms with van der Waals surface area (Å²) in [5.74, 6) is -0.889. The van der Waals surface area contributed by atoms with Gasteiger partial charge in [0.25, 0.3) is 5.91 Å². The molecule has 0 radical (unpaired) electrons. The van der Waals surface area contributed by atoms with Gasteiger partial charge in [0, 0.05) is 18.4 Å². The number of amides is 3. The van der Waals surface area contributed by atoms with Crippen molar-refractivity contribution in [2.45, 2.75) is 45.6 Å². The Morgan fingerprint density at radius 2 is 1.97 bits per heavy atom. The fourth-order valence-electron chi connectivity index (χ4n) is 3.63. The third kappa shape index (κ3) is 4.71. The largest absolute Gasteiger partial charge is 0.452 e. The van der Waals surface area contributed by atoms with Gasteiger partial charge >= 0.3 is 12.0 Å². The highest BCUT2D eigenvalue weighted by Crippen LogP contribution is 2.26. The summed E-state index contributed by atoms with van der Waals surface area (Å²) < 4.78 is 12.1. The number of nitrogens with one attached hydrogen (secondary N) is 2. The Morgan fingerprint density at radius 1 is 1.27 bits per heavy atom. The number of hydrogen-bond acceptors (Lipinski definition) is 6. The van der Waals surface area contributed by atoms with E-state index in [1.54, 1.807) is 29.1 Å². The molecule has 0 spiro atoms. The summed E-state index contributed by atoms with van der Waals surface area (Å²) in [6, 6.07) is 4.86. The molecule has 9 heteroatoms. The maximum Gasteiger partial charge on any atom is 0.343 e. The van der Waals surface area contributed by atoms with E-state index in [9.17, 15) is 19.6 Å². The Balaban J connectivity index is 1.57. The zero-order valence-corrected chi connectivity index (χ0v) is 16.9. The van der Waals surface area contributed by atoms with E-state index in [1.165, 1.54) is 6.92 Å². The van der Waals surface area contributed by atoms with E-state index in [-0.39, 0.29) is 28.8 Å². The minimum atomic E-state index is -0.873. The Bertz CT molecular complexity index is 970. The van der Waals surface area contributed by atoms with Gasteiger partial charge in [0.15, 0.2) is 6.61 Å². The van der Waals surface area contributed by atoms with Gasteiger partial charge in [0.05, 0.1) is 0 Å². The molecule has 2 N–H and O–H groups in total. The van der Waals surface area contributed by atoms with Gasteiger partial charge in [-0.25, -0.2) is 9.59 Å². The molecular formula is C21H24N4O5. The molecule has 0 bridgehead atoms. The maximum absolute atomic E-state index is 12.5. The molecular weight excluding hydrogens is 388 g/mol. The fourth-order valence-corrected chi connectivity index (χ4v) is 3.63. The highest BCUT2D eigenvalue weighted by molar-refractivity contribution is 5.98. The first-order valence-electron chi connectivity index (χ1n) is 9.85. The Labute approximate surface area is 174 Å². The molecule has 2 atom stereocenters. The van der Waals surface area contributed by atoms with Gasteiger partial charge in [-0.05, 0) is 37.8 Å². The van der Waals surface area contributed by atoms with Crippen LogP contribution in [0.2, 0.25) is 0 Å². The first-order valence-corrected chi connectivity index (χ1v) is 9.85. The number of rotatable bonds is 5. The number of aromatic nitrogens is 1. The van der Waals surface area contributed by atoms with Gasteiger partial charge in [-0.2, -0.15) is 5.26 Å². The number of aryl methyl sites for hydroxylation is 1. The van der Waals surface area contributed by atoms with Crippen LogP contribution in [-0.4, -0.2) is 35.1 Å². The van der Waals surface area contributed by atoms with Crippen LogP contribution in [0.15, 0.2) is 28.9 Å².